The number of benzene rings is 2. The van der Waals surface area contributed by atoms with E-state index in [1.807, 2.05) is 36.4 Å². The molecule has 0 aliphatic carbocycles. The highest BCUT2D eigenvalue weighted by Gasteiger charge is 2.18. The number of methoxy groups -OCH3 is 1. The molecular weight excluding hydrogens is 344 g/mol. The molecule has 0 radical (unpaired) electrons. The van der Waals surface area contributed by atoms with E-state index < -0.39 is 5.97 Å². The van der Waals surface area contributed by atoms with Crippen molar-refractivity contribution >= 4 is 33.2 Å². The van der Waals surface area contributed by atoms with E-state index in [9.17, 15) is 4.79 Å². The molecule has 0 spiro atoms. The molecule has 0 aliphatic rings. The average molecular weight is 362 g/mol. The Hall–Kier alpha value is -3.05. The van der Waals surface area contributed by atoms with Crippen LogP contribution in [0.5, 0.6) is 0 Å². The van der Waals surface area contributed by atoms with Gasteiger partial charge in [0.25, 0.3) is 0 Å². The molecule has 26 heavy (non-hydrogen) atoms. The van der Waals surface area contributed by atoms with Gasteiger partial charge in [-0.25, -0.2) is 4.79 Å². The molecular formula is C21H18N2O2S. The van der Waals surface area contributed by atoms with E-state index in [0.29, 0.717) is 17.0 Å². The number of anilines is 1. The average Bonchev–Trinajstić information content (AvgIpc) is 3.23. The van der Waals surface area contributed by atoms with Crippen LogP contribution in [-0.4, -0.2) is 18.1 Å². The fourth-order valence-corrected chi connectivity index (χ4v) is 4.15. The summed E-state index contributed by atoms with van der Waals surface area (Å²) < 4.78 is 4.81. The summed E-state index contributed by atoms with van der Waals surface area (Å²) in [5.74, 6) is -0.396. The van der Waals surface area contributed by atoms with Gasteiger partial charge in [-0.15, -0.1) is 11.3 Å². The molecule has 0 atom stereocenters. The number of hydrogen-bond acceptors (Lipinski definition) is 4. The number of aromatic nitrogens is 1. The molecule has 0 fully saturated rings. The highest BCUT2D eigenvalue weighted by atomic mass is 32.1. The Balaban J connectivity index is 1.82. The number of rotatable bonds is 4. The second-order valence-electron chi connectivity index (χ2n) is 6.05. The minimum atomic E-state index is -0.396. The van der Waals surface area contributed by atoms with E-state index in [2.05, 4.69) is 29.2 Å². The van der Waals surface area contributed by atoms with Crippen LogP contribution in [0.3, 0.4) is 0 Å². The largest absolute Gasteiger partial charge is 0.465 e. The third kappa shape index (κ3) is 2.86. The summed E-state index contributed by atoms with van der Waals surface area (Å²) in [6, 6.07) is 20.4. The maximum absolute atomic E-state index is 11.8. The molecule has 0 bridgehead atoms. The Kier molecular flexibility index (Phi) is 4.22. The lowest BCUT2D eigenvalue weighted by Gasteiger charge is -2.04. The predicted molar refractivity (Wildman–Crippen MR) is 107 cm³/mol. The third-order valence-electron chi connectivity index (χ3n) is 4.44. The van der Waals surface area contributed by atoms with Crippen molar-refractivity contribution in [2.45, 2.75) is 6.42 Å². The Morgan fingerprint density at radius 2 is 1.85 bits per heavy atom. The highest BCUT2D eigenvalue weighted by molar-refractivity contribution is 7.16. The minimum Gasteiger partial charge on any atom is -0.465 e. The van der Waals surface area contributed by atoms with Gasteiger partial charge in [0, 0.05) is 22.2 Å². The molecule has 0 unspecified atom stereocenters. The maximum atomic E-state index is 11.8. The van der Waals surface area contributed by atoms with Gasteiger partial charge >= 0.3 is 5.97 Å². The van der Waals surface area contributed by atoms with E-state index in [-0.39, 0.29) is 0 Å². The summed E-state index contributed by atoms with van der Waals surface area (Å²) in [6.45, 7) is 0. The normalized spacial score (nSPS) is 11.0. The first-order valence-corrected chi connectivity index (χ1v) is 9.10. The number of nitrogens with two attached hydrogens (primary N) is 1. The molecule has 3 N–H and O–H groups in total. The molecule has 4 aromatic rings. The first kappa shape index (κ1) is 16.4. The van der Waals surface area contributed by atoms with Gasteiger partial charge < -0.3 is 15.5 Å². The number of thiophene rings is 1. The number of nitrogen functional groups attached to an aromatic ring is 1. The predicted octanol–water partition coefficient (Wildman–Crippen LogP) is 4.86. The molecule has 0 saturated heterocycles. The van der Waals surface area contributed by atoms with Crippen LogP contribution in [0, 0.1) is 0 Å². The zero-order valence-electron chi connectivity index (χ0n) is 14.3. The Morgan fingerprint density at radius 1 is 1.12 bits per heavy atom. The smallest absolute Gasteiger partial charge is 0.340 e. The van der Waals surface area contributed by atoms with Crippen LogP contribution in [0.1, 0.15) is 20.8 Å². The standard InChI is InChI=1S/C21H18N2O2S/c1-25-21(24)17-12-14(26-20(17)22)11-16-15-9-5-6-10-18(15)23-19(16)13-7-3-2-4-8-13/h2-10,12,23H,11,22H2,1H3. The lowest BCUT2D eigenvalue weighted by molar-refractivity contribution is 0.0602. The second-order valence-corrected chi connectivity index (χ2v) is 7.22. The zero-order valence-corrected chi connectivity index (χ0v) is 15.1. The SMILES string of the molecule is COC(=O)c1cc(Cc2c(-c3ccccc3)[nH]c3ccccc23)sc1N. The zero-order chi connectivity index (χ0) is 18.1. The van der Waals surface area contributed by atoms with Crippen molar-refractivity contribution in [2.75, 3.05) is 12.8 Å². The fourth-order valence-electron chi connectivity index (χ4n) is 3.22. The molecule has 0 amide bonds. The van der Waals surface area contributed by atoms with Gasteiger partial charge in [-0.2, -0.15) is 0 Å². The van der Waals surface area contributed by atoms with Crippen LogP contribution in [0.4, 0.5) is 5.00 Å². The number of hydrogen-bond donors (Lipinski definition) is 2. The van der Waals surface area contributed by atoms with Gasteiger partial charge in [0.15, 0.2) is 0 Å². The van der Waals surface area contributed by atoms with Crippen molar-refractivity contribution in [3.05, 3.63) is 76.7 Å². The second kappa shape index (κ2) is 6.69. The lowest BCUT2D eigenvalue weighted by Crippen LogP contribution is -2.02. The van der Waals surface area contributed by atoms with Gasteiger partial charge in [0.2, 0.25) is 0 Å². The van der Waals surface area contributed by atoms with Crippen LogP contribution in [-0.2, 0) is 11.2 Å². The van der Waals surface area contributed by atoms with Crippen molar-refractivity contribution in [3.8, 4) is 11.3 Å². The molecule has 2 aromatic heterocycles. The van der Waals surface area contributed by atoms with Gasteiger partial charge in [0.1, 0.15) is 5.00 Å². The fraction of sp³-hybridized carbons (Fsp3) is 0.0952. The number of para-hydroxylation sites is 1. The third-order valence-corrected chi connectivity index (χ3v) is 5.41. The van der Waals surface area contributed by atoms with Crippen LogP contribution in [0.25, 0.3) is 22.2 Å². The van der Waals surface area contributed by atoms with Crippen LogP contribution in [0.2, 0.25) is 0 Å². The van der Waals surface area contributed by atoms with Gasteiger partial charge in [-0.05, 0) is 23.3 Å². The van der Waals surface area contributed by atoms with E-state index in [4.69, 9.17) is 10.5 Å². The summed E-state index contributed by atoms with van der Waals surface area (Å²) in [7, 11) is 1.37. The summed E-state index contributed by atoms with van der Waals surface area (Å²) in [4.78, 5) is 16.4. The van der Waals surface area contributed by atoms with Crippen molar-refractivity contribution < 1.29 is 9.53 Å². The summed E-state index contributed by atoms with van der Waals surface area (Å²) >= 11 is 1.43. The number of fused-ring (bicyclic) bond motifs is 1. The van der Waals surface area contributed by atoms with Gasteiger partial charge in [-0.1, -0.05) is 48.5 Å². The van der Waals surface area contributed by atoms with Crippen molar-refractivity contribution in [3.63, 3.8) is 0 Å². The molecule has 2 aromatic carbocycles. The Labute approximate surface area is 155 Å². The summed E-state index contributed by atoms with van der Waals surface area (Å²) in [5, 5.41) is 1.67. The van der Waals surface area contributed by atoms with E-state index in [1.165, 1.54) is 29.4 Å². The van der Waals surface area contributed by atoms with E-state index in [1.54, 1.807) is 0 Å². The molecule has 5 heteroatoms. The van der Waals surface area contributed by atoms with E-state index >= 15 is 0 Å². The summed E-state index contributed by atoms with van der Waals surface area (Å²) in [6.07, 6.45) is 0.695. The van der Waals surface area contributed by atoms with Crippen molar-refractivity contribution in [1.29, 1.82) is 0 Å². The summed E-state index contributed by atoms with van der Waals surface area (Å²) in [5.41, 5.74) is 11.0. The Bertz CT molecular complexity index is 1080. The quantitative estimate of drug-likeness (QED) is 0.510. The monoisotopic (exact) mass is 362 g/mol. The number of aromatic amines is 1. The first-order valence-electron chi connectivity index (χ1n) is 8.29. The van der Waals surface area contributed by atoms with E-state index in [0.717, 1.165) is 21.7 Å². The number of carbonyl (C=O) groups is 1. The lowest BCUT2D eigenvalue weighted by atomic mass is 10.0. The Morgan fingerprint density at radius 3 is 2.62 bits per heavy atom. The molecule has 0 aliphatic heterocycles. The van der Waals surface area contributed by atoms with Crippen molar-refractivity contribution in [2.24, 2.45) is 0 Å². The number of nitrogens with one attached hydrogen (secondary N) is 1. The number of esters is 1. The molecule has 4 nitrogen and oxygen atoms in total. The topological polar surface area (TPSA) is 68.1 Å². The first-order chi connectivity index (χ1) is 12.7. The highest BCUT2D eigenvalue weighted by Crippen LogP contribution is 2.35. The molecule has 2 heterocycles. The van der Waals surface area contributed by atoms with Crippen LogP contribution < -0.4 is 5.73 Å². The van der Waals surface area contributed by atoms with Crippen LogP contribution in [0.15, 0.2) is 60.7 Å². The number of ether oxygens (including phenoxy) is 1. The number of H-pyrrole nitrogens is 1. The van der Waals surface area contributed by atoms with Gasteiger partial charge in [-0.3, -0.25) is 0 Å². The van der Waals surface area contributed by atoms with Crippen molar-refractivity contribution in [1.82, 2.24) is 4.98 Å². The minimum absolute atomic E-state index is 0.396. The maximum Gasteiger partial charge on any atom is 0.340 e. The molecule has 0 saturated carbocycles. The van der Waals surface area contributed by atoms with Crippen LogP contribution >= 0.6 is 11.3 Å². The molecule has 4 rings (SSSR count). The number of carbonyl (C=O) groups excluding carboxylic acids is 1. The molecule has 130 valence electrons. The van der Waals surface area contributed by atoms with Gasteiger partial charge in [0.05, 0.1) is 18.4 Å².